The molecule has 2 saturated heterocycles. The van der Waals surface area contributed by atoms with Crippen molar-refractivity contribution < 1.29 is 14.2 Å². The molecule has 0 amide bonds. The lowest BCUT2D eigenvalue weighted by Crippen LogP contribution is -2.49. The summed E-state index contributed by atoms with van der Waals surface area (Å²) in [5.74, 6) is 0.494. The molecular weight excluding hydrogens is 176 g/mol. The molecule has 1 atom stereocenters. The van der Waals surface area contributed by atoms with E-state index in [9.17, 15) is 0 Å². The van der Waals surface area contributed by atoms with E-state index in [2.05, 4.69) is 12.2 Å². The standard InChI is InChI=1S/C8H12O3S/c12-6-9-2-7-1-8(11-3-7)4-10-5-8/h6-7H,1-5H2. The van der Waals surface area contributed by atoms with Crippen LogP contribution in [0.15, 0.2) is 0 Å². The predicted octanol–water partition coefficient (Wildman–Crippen LogP) is 0.766. The van der Waals surface area contributed by atoms with Crippen molar-refractivity contribution >= 4 is 17.8 Å². The highest BCUT2D eigenvalue weighted by atomic mass is 32.1. The molecular formula is C8H12O3S. The van der Waals surface area contributed by atoms with Crippen LogP contribution in [-0.2, 0) is 14.2 Å². The predicted molar refractivity (Wildman–Crippen MR) is 47.2 cm³/mol. The summed E-state index contributed by atoms with van der Waals surface area (Å²) in [6, 6.07) is 0. The van der Waals surface area contributed by atoms with Crippen LogP contribution in [0, 0.1) is 5.92 Å². The van der Waals surface area contributed by atoms with Crippen molar-refractivity contribution in [3.05, 3.63) is 0 Å². The third-order valence-corrected chi connectivity index (χ3v) is 2.55. The zero-order valence-electron chi connectivity index (χ0n) is 6.82. The Balaban J connectivity index is 1.77. The van der Waals surface area contributed by atoms with Gasteiger partial charge < -0.3 is 14.2 Å². The molecule has 4 heteroatoms. The molecule has 0 aromatic carbocycles. The monoisotopic (exact) mass is 188 g/mol. The van der Waals surface area contributed by atoms with Crippen LogP contribution in [-0.4, -0.2) is 37.6 Å². The molecule has 2 heterocycles. The lowest BCUT2D eigenvalue weighted by atomic mass is 9.93. The Morgan fingerprint density at radius 3 is 2.92 bits per heavy atom. The second-order valence-corrected chi connectivity index (χ2v) is 3.68. The van der Waals surface area contributed by atoms with Gasteiger partial charge in [0, 0.05) is 5.92 Å². The van der Waals surface area contributed by atoms with Crippen LogP contribution in [0.1, 0.15) is 6.42 Å². The first kappa shape index (κ1) is 8.41. The fourth-order valence-electron chi connectivity index (χ4n) is 1.75. The van der Waals surface area contributed by atoms with Gasteiger partial charge >= 0.3 is 0 Å². The van der Waals surface area contributed by atoms with Crippen molar-refractivity contribution in [2.75, 3.05) is 26.4 Å². The summed E-state index contributed by atoms with van der Waals surface area (Å²) in [6.07, 6.45) is 1.05. The first-order valence-electron chi connectivity index (χ1n) is 4.12. The van der Waals surface area contributed by atoms with Crippen molar-refractivity contribution in [2.45, 2.75) is 12.0 Å². The summed E-state index contributed by atoms with van der Waals surface area (Å²) in [7, 11) is 0. The molecule has 0 aromatic rings. The number of rotatable bonds is 3. The van der Waals surface area contributed by atoms with Gasteiger partial charge in [-0.3, -0.25) is 0 Å². The molecule has 2 aliphatic heterocycles. The third kappa shape index (κ3) is 1.46. The molecule has 0 radical (unpaired) electrons. The van der Waals surface area contributed by atoms with Gasteiger partial charge in [0.05, 0.1) is 26.4 Å². The van der Waals surface area contributed by atoms with E-state index in [1.165, 1.54) is 5.55 Å². The summed E-state index contributed by atoms with van der Waals surface area (Å²) < 4.78 is 15.8. The fourth-order valence-corrected chi connectivity index (χ4v) is 1.83. The van der Waals surface area contributed by atoms with E-state index < -0.39 is 0 Å². The van der Waals surface area contributed by atoms with Gasteiger partial charge in [-0.2, -0.15) is 0 Å². The van der Waals surface area contributed by atoms with Gasteiger partial charge in [-0.15, -0.1) is 0 Å². The lowest BCUT2D eigenvalue weighted by molar-refractivity contribution is -0.184. The van der Waals surface area contributed by atoms with Crippen LogP contribution < -0.4 is 0 Å². The molecule has 0 saturated carbocycles. The number of hydrogen-bond acceptors (Lipinski definition) is 4. The van der Waals surface area contributed by atoms with Crippen LogP contribution in [0.2, 0.25) is 0 Å². The Morgan fingerprint density at radius 2 is 2.42 bits per heavy atom. The van der Waals surface area contributed by atoms with Crippen LogP contribution in [0.25, 0.3) is 0 Å². The van der Waals surface area contributed by atoms with Crippen LogP contribution in [0.3, 0.4) is 0 Å². The molecule has 1 unspecified atom stereocenters. The van der Waals surface area contributed by atoms with E-state index in [0.717, 1.165) is 26.2 Å². The molecule has 2 aliphatic rings. The van der Waals surface area contributed by atoms with Crippen LogP contribution in [0.4, 0.5) is 0 Å². The quantitative estimate of drug-likeness (QED) is 0.611. The Labute approximate surface area is 77.0 Å². The van der Waals surface area contributed by atoms with Gasteiger partial charge in [0.2, 0.25) is 0 Å². The molecule has 12 heavy (non-hydrogen) atoms. The average Bonchev–Trinajstić information content (AvgIpc) is 2.44. The first-order chi connectivity index (χ1) is 5.85. The summed E-state index contributed by atoms with van der Waals surface area (Å²) in [6.45, 7) is 2.97. The highest BCUT2D eigenvalue weighted by Gasteiger charge is 2.46. The molecule has 2 rings (SSSR count). The number of hydrogen-bond donors (Lipinski definition) is 0. The van der Waals surface area contributed by atoms with Gasteiger partial charge in [-0.25, -0.2) is 0 Å². The van der Waals surface area contributed by atoms with E-state index in [1.807, 2.05) is 0 Å². The minimum absolute atomic E-state index is 0.0372. The first-order valence-corrected chi connectivity index (χ1v) is 4.59. The van der Waals surface area contributed by atoms with Crippen molar-refractivity contribution in [1.29, 1.82) is 0 Å². The zero-order chi connectivity index (χ0) is 8.44. The van der Waals surface area contributed by atoms with Gasteiger partial charge in [0.25, 0.3) is 0 Å². The molecule has 0 aromatic heterocycles. The molecule has 3 nitrogen and oxygen atoms in total. The Morgan fingerprint density at radius 1 is 1.58 bits per heavy atom. The van der Waals surface area contributed by atoms with Gasteiger partial charge in [-0.1, -0.05) is 0 Å². The van der Waals surface area contributed by atoms with Crippen LogP contribution in [0.5, 0.6) is 0 Å². The topological polar surface area (TPSA) is 27.7 Å². The third-order valence-electron chi connectivity index (χ3n) is 2.42. The maximum atomic E-state index is 5.63. The Bertz CT molecular complexity index is 179. The van der Waals surface area contributed by atoms with Crippen molar-refractivity contribution in [3.63, 3.8) is 0 Å². The second kappa shape index (κ2) is 3.28. The Kier molecular flexibility index (Phi) is 2.30. The normalized spacial score (nSPS) is 31.5. The summed E-state index contributed by atoms with van der Waals surface area (Å²) in [5.41, 5.74) is 1.36. The van der Waals surface area contributed by atoms with E-state index in [1.54, 1.807) is 0 Å². The van der Waals surface area contributed by atoms with E-state index in [-0.39, 0.29) is 5.60 Å². The van der Waals surface area contributed by atoms with E-state index in [4.69, 9.17) is 14.2 Å². The number of thiocarbonyl (C=S) groups is 1. The van der Waals surface area contributed by atoms with Crippen molar-refractivity contribution in [3.8, 4) is 0 Å². The van der Waals surface area contributed by atoms with Gasteiger partial charge in [0.15, 0.2) is 0 Å². The maximum absolute atomic E-state index is 5.63. The minimum Gasteiger partial charge on any atom is -0.489 e. The highest BCUT2D eigenvalue weighted by Crippen LogP contribution is 2.35. The second-order valence-electron chi connectivity index (χ2n) is 3.49. The molecule has 68 valence electrons. The maximum Gasteiger partial charge on any atom is 0.146 e. The summed E-state index contributed by atoms with van der Waals surface area (Å²) in [4.78, 5) is 0. The molecule has 0 N–H and O–H groups in total. The lowest BCUT2D eigenvalue weighted by Gasteiger charge is -2.36. The average molecular weight is 188 g/mol. The largest absolute Gasteiger partial charge is 0.489 e. The van der Waals surface area contributed by atoms with Crippen molar-refractivity contribution in [1.82, 2.24) is 0 Å². The molecule has 0 bridgehead atoms. The van der Waals surface area contributed by atoms with Gasteiger partial charge in [0.1, 0.15) is 11.2 Å². The smallest absolute Gasteiger partial charge is 0.146 e. The minimum atomic E-state index is 0.0372. The summed E-state index contributed by atoms with van der Waals surface area (Å²) in [5, 5.41) is 0. The highest BCUT2D eigenvalue weighted by molar-refractivity contribution is 7.78. The summed E-state index contributed by atoms with van der Waals surface area (Å²) >= 11 is 4.57. The zero-order valence-corrected chi connectivity index (χ0v) is 7.64. The van der Waals surface area contributed by atoms with Crippen molar-refractivity contribution in [2.24, 2.45) is 5.92 Å². The SMILES string of the molecule is S=COCC1COC2(COC2)C1. The number of ether oxygens (including phenoxy) is 3. The molecule has 2 fully saturated rings. The van der Waals surface area contributed by atoms with E-state index in [0.29, 0.717) is 12.5 Å². The fraction of sp³-hybridized carbons (Fsp3) is 0.875. The Hall–Kier alpha value is -0.190. The van der Waals surface area contributed by atoms with Gasteiger partial charge in [-0.05, 0) is 18.6 Å². The van der Waals surface area contributed by atoms with Crippen LogP contribution >= 0.6 is 12.2 Å². The molecule has 1 spiro atoms. The molecule has 0 aliphatic carbocycles. The van der Waals surface area contributed by atoms with E-state index >= 15 is 0 Å².